The van der Waals surface area contributed by atoms with E-state index >= 15 is 0 Å². The number of rotatable bonds is 10. The molecule has 0 aliphatic carbocycles. The number of hydrogen-bond donors (Lipinski definition) is 2. The summed E-state index contributed by atoms with van der Waals surface area (Å²) in [5.74, 6) is -0.393. The van der Waals surface area contributed by atoms with Crippen molar-refractivity contribution < 1.29 is 9.90 Å². The van der Waals surface area contributed by atoms with Crippen molar-refractivity contribution in [1.29, 1.82) is 5.26 Å². The number of nitriles is 1. The second-order valence-corrected chi connectivity index (χ2v) is 6.56. The highest BCUT2D eigenvalue weighted by Gasteiger charge is 2.14. The first-order chi connectivity index (χ1) is 12.0. The molecule has 0 atom stereocenters. The van der Waals surface area contributed by atoms with E-state index in [1.54, 1.807) is 19.1 Å². The molecule has 0 saturated carbocycles. The summed E-state index contributed by atoms with van der Waals surface area (Å²) in [6, 6.07) is 6.61. The molecule has 0 fully saturated rings. The zero-order valence-electron chi connectivity index (χ0n) is 15.1. The van der Waals surface area contributed by atoms with Gasteiger partial charge in [-0.25, -0.2) is 0 Å². The van der Waals surface area contributed by atoms with E-state index in [1.807, 2.05) is 6.07 Å². The van der Waals surface area contributed by atoms with Crippen LogP contribution in [0, 0.1) is 11.3 Å². The SMILES string of the molecule is CCCCCCCCCNC(=O)C(C#N)=C(C)c1ccc(O)c(Cl)c1. The Kier molecular flexibility index (Phi) is 9.72. The summed E-state index contributed by atoms with van der Waals surface area (Å²) in [6.45, 7) is 4.47. The topological polar surface area (TPSA) is 73.1 Å². The number of unbranched alkanes of at least 4 members (excludes halogenated alkanes) is 6. The van der Waals surface area contributed by atoms with Gasteiger partial charge in [0, 0.05) is 6.54 Å². The summed E-state index contributed by atoms with van der Waals surface area (Å²) in [6.07, 6.45) is 8.23. The number of hydrogen-bond acceptors (Lipinski definition) is 3. The number of nitrogens with zero attached hydrogens (tertiary/aromatic N) is 1. The van der Waals surface area contributed by atoms with Crippen LogP contribution in [0.25, 0.3) is 5.57 Å². The Balaban J connectivity index is 2.53. The fraction of sp³-hybridized carbons (Fsp3) is 0.500. The van der Waals surface area contributed by atoms with Gasteiger partial charge in [-0.3, -0.25) is 4.79 Å². The molecule has 136 valence electrons. The molecule has 0 aliphatic rings. The Labute approximate surface area is 155 Å². The minimum absolute atomic E-state index is 0.0277. The highest BCUT2D eigenvalue weighted by atomic mass is 35.5. The zero-order valence-corrected chi connectivity index (χ0v) is 15.8. The molecule has 0 aromatic heterocycles. The number of carbonyl (C=O) groups excluding carboxylic acids is 1. The Bertz CT molecular complexity index is 648. The number of phenols is 1. The number of amides is 1. The average Bonchev–Trinajstić information content (AvgIpc) is 2.60. The fourth-order valence-electron chi connectivity index (χ4n) is 2.56. The van der Waals surface area contributed by atoms with Crippen LogP contribution in [0.4, 0.5) is 0 Å². The fourth-order valence-corrected chi connectivity index (χ4v) is 2.74. The molecule has 1 aromatic carbocycles. The smallest absolute Gasteiger partial charge is 0.262 e. The van der Waals surface area contributed by atoms with E-state index in [-0.39, 0.29) is 22.3 Å². The minimum Gasteiger partial charge on any atom is -0.506 e. The summed E-state index contributed by atoms with van der Waals surface area (Å²) >= 11 is 5.89. The zero-order chi connectivity index (χ0) is 18.7. The standard InChI is InChI=1S/C20H27ClN2O2/c1-3-4-5-6-7-8-9-12-23-20(25)17(14-22)15(2)16-10-11-19(24)18(21)13-16/h10-11,13,24H,3-9,12H2,1-2H3,(H,23,25). The first-order valence-corrected chi connectivity index (χ1v) is 9.27. The van der Waals surface area contributed by atoms with E-state index in [2.05, 4.69) is 12.2 Å². The molecule has 0 radical (unpaired) electrons. The van der Waals surface area contributed by atoms with Crippen molar-refractivity contribution >= 4 is 23.1 Å². The molecule has 1 aromatic rings. The summed E-state index contributed by atoms with van der Waals surface area (Å²) in [7, 11) is 0. The second-order valence-electron chi connectivity index (χ2n) is 6.16. The van der Waals surface area contributed by atoms with Crippen LogP contribution in [0.15, 0.2) is 23.8 Å². The predicted molar refractivity (Wildman–Crippen MR) is 102 cm³/mol. The lowest BCUT2D eigenvalue weighted by Gasteiger charge is -2.09. The first-order valence-electron chi connectivity index (χ1n) is 8.89. The molecule has 0 heterocycles. The predicted octanol–water partition coefficient (Wildman–Crippen LogP) is 5.21. The molecular weight excluding hydrogens is 336 g/mol. The lowest BCUT2D eigenvalue weighted by atomic mass is 10.0. The van der Waals surface area contributed by atoms with Crippen LogP contribution in [-0.4, -0.2) is 17.6 Å². The number of allylic oxidation sites excluding steroid dienone is 1. The minimum atomic E-state index is -0.366. The number of nitrogens with one attached hydrogen (secondary N) is 1. The lowest BCUT2D eigenvalue weighted by Crippen LogP contribution is -2.26. The molecule has 0 aliphatic heterocycles. The van der Waals surface area contributed by atoms with Gasteiger partial charge in [0.1, 0.15) is 17.4 Å². The van der Waals surface area contributed by atoms with Gasteiger partial charge in [0.05, 0.1) is 5.02 Å². The Morgan fingerprint density at radius 3 is 2.44 bits per heavy atom. The van der Waals surface area contributed by atoms with Crippen LogP contribution in [0.3, 0.4) is 0 Å². The quantitative estimate of drug-likeness (QED) is 0.341. The van der Waals surface area contributed by atoms with E-state index in [0.717, 1.165) is 12.8 Å². The maximum Gasteiger partial charge on any atom is 0.262 e. The van der Waals surface area contributed by atoms with Gasteiger partial charge < -0.3 is 10.4 Å². The summed E-state index contributed by atoms with van der Waals surface area (Å²) in [5, 5.41) is 21.8. The maximum absolute atomic E-state index is 12.2. The van der Waals surface area contributed by atoms with Crippen LogP contribution >= 0.6 is 11.6 Å². The van der Waals surface area contributed by atoms with Crippen molar-refractivity contribution in [3.8, 4) is 11.8 Å². The molecule has 0 spiro atoms. The molecule has 0 unspecified atom stereocenters. The van der Waals surface area contributed by atoms with Crippen molar-refractivity contribution in [1.82, 2.24) is 5.32 Å². The van der Waals surface area contributed by atoms with Crippen LogP contribution < -0.4 is 5.32 Å². The molecular formula is C20H27ClN2O2. The van der Waals surface area contributed by atoms with Crippen LogP contribution in [0.1, 0.15) is 64.4 Å². The summed E-state index contributed by atoms with van der Waals surface area (Å²) < 4.78 is 0. The van der Waals surface area contributed by atoms with E-state index in [4.69, 9.17) is 11.6 Å². The second kappa shape index (κ2) is 11.5. The average molecular weight is 363 g/mol. The normalized spacial score (nSPS) is 11.6. The van der Waals surface area contributed by atoms with Gasteiger partial charge >= 0.3 is 0 Å². The van der Waals surface area contributed by atoms with E-state index in [9.17, 15) is 15.2 Å². The third-order valence-electron chi connectivity index (χ3n) is 4.16. The van der Waals surface area contributed by atoms with E-state index < -0.39 is 0 Å². The molecule has 25 heavy (non-hydrogen) atoms. The summed E-state index contributed by atoms with van der Waals surface area (Å²) in [5.41, 5.74) is 1.26. The number of carbonyl (C=O) groups is 1. The van der Waals surface area contributed by atoms with Crippen LogP contribution in [-0.2, 0) is 4.79 Å². The van der Waals surface area contributed by atoms with Crippen molar-refractivity contribution in [3.05, 3.63) is 34.4 Å². The number of halogens is 1. The molecule has 4 nitrogen and oxygen atoms in total. The van der Waals surface area contributed by atoms with Crippen LogP contribution in [0.2, 0.25) is 5.02 Å². The first kappa shape index (κ1) is 21.1. The molecule has 1 amide bonds. The van der Waals surface area contributed by atoms with Gasteiger partial charge in [-0.15, -0.1) is 0 Å². The van der Waals surface area contributed by atoms with E-state index in [1.165, 1.54) is 38.2 Å². The van der Waals surface area contributed by atoms with Crippen LogP contribution in [0.5, 0.6) is 5.75 Å². The third kappa shape index (κ3) is 7.19. The highest BCUT2D eigenvalue weighted by molar-refractivity contribution is 6.32. The Morgan fingerprint density at radius 2 is 1.84 bits per heavy atom. The van der Waals surface area contributed by atoms with Crippen molar-refractivity contribution in [2.75, 3.05) is 6.54 Å². The van der Waals surface area contributed by atoms with Gasteiger partial charge in [0.2, 0.25) is 0 Å². The maximum atomic E-state index is 12.2. The molecule has 2 N–H and O–H groups in total. The van der Waals surface area contributed by atoms with Gasteiger partial charge in [-0.2, -0.15) is 5.26 Å². The Morgan fingerprint density at radius 1 is 1.20 bits per heavy atom. The third-order valence-corrected chi connectivity index (χ3v) is 4.46. The number of aromatic hydroxyl groups is 1. The number of phenolic OH excluding ortho intramolecular Hbond substituents is 1. The highest BCUT2D eigenvalue weighted by Crippen LogP contribution is 2.28. The van der Waals surface area contributed by atoms with Crippen molar-refractivity contribution in [3.63, 3.8) is 0 Å². The number of benzene rings is 1. The van der Waals surface area contributed by atoms with Gasteiger partial charge in [0.15, 0.2) is 0 Å². The largest absolute Gasteiger partial charge is 0.506 e. The molecule has 0 bridgehead atoms. The monoisotopic (exact) mass is 362 g/mol. The Hall–Kier alpha value is -1.99. The lowest BCUT2D eigenvalue weighted by molar-refractivity contribution is -0.117. The molecule has 1 rings (SSSR count). The summed E-state index contributed by atoms with van der Waals surface area (Å²) in [4.78, 5) is 12.2. The molecule has 5 heteroatoms. The van der Waals surface area contributed by atoms with Crippen molar-refractivity contribution in [2.24, 2.45) is 0 Å². The molecule has 0 saturated heterocycles. The van der Waals surface area contributed by atoms with Gasteiger partial charge in [-0.05, 0) is 36.6 Å². The van der Waals surface area contributed by atoms with Crippen molar-refractivity contribution in [2.45, 2.75) is 58.8 Å². The van der Waals surface area contributed by atoms with Gasteiger partial charge in [-0.1, -0.05) is 63.1 Å². The van der Waals surface area contributed by atoms with Gasteiger partial charge in [0.25, 0.3) is 5.91 Å². The van der Waals surface area contributed by atoms with E-state index in [0.29, 0.717) is 17.7 Å².